The predicted molar refractivity (Wildman–Crippen MR) is 74.8 cm³/mol. The average molecular weight is 262 g/mol. The minimum atomic E-state index is -0.832. The zero-order chi connectivity index (χ0) is 14.6. The molecule has 1 rings (SSSR count). The van der Waals surface area contributed by atoms with E-state index in [0.29, 0.717) is 30.3 Å². The number of anilines is 1. The van der Waals surface area contributed by atoms with Gasteiger partial charge in [0.2, 0.25) is 0 Å². The summed E-state index contributed by atoms with van der Waals surface area (Å²) in [5, 5.41) is 30.5. The fraction of sp³-hybridized carbons (Fsp3) is 0.643. The predicted octanol–water partition coefficient (Wildman–Crippen LogP) is 2.17. The summed E-state index contributed by atoms with van der Waals surface area (Å²) in [4.78, 5) is 0. The summed E-state index contributed by atoms with van der Waals surface area (Å²) in [7, 11) is 0. The number of hydrogen-bond donors (Lipinski definition) is 2. The Morgan fingerprint density at radius 2 is 2.00 bits per heavy atom. The summed E-state index contributed by atoms with van der Waals surface area (Å²) in [6.07, 6.45) is 0.681. The first-order valence-corrected chi connectivity index (χ1v) is 6.47. The van der Waals surface area contributed by atoms with Gasteiger partial charge in [-0.3, -0.25) is 0 Å². The van der Waals surface area contributed by atoms with Gasteiger partial charge < -0.3 is 10.4 Å². The number of nitriles is 1. The van der Waals surface area contributed by atoms with Gasteiger partial charge in [0.05, 0.1) is 11.3 Å². The van der Waals surface area contributed by atoms with E-state index in [-0.39, 0.29) is 0 Å². The first kappa shape index (κ1) is 15.4. The molecule has 19 heavy (non-hydrogen) atoms. The van der Waals surface area contributed by atoms with Gasteiger partial charge >= 0.3 is 0 Å². The maximum atomic E-state index is 10.2. The van der Waals surface area contributed by atoms with E-state index in [9.17, 15) is 10.4 Å². The molecular formula is C14H22N4O. The summed E-state index contributed by atoms with van der Waals surface area (Å²) in [5.74, 6) is 0.840. The monoisotopic (exact) mass is 262 g/mol. The molecule has 1 atom stereocenters. The molecule has 1 unspecified atom stereocenters. The molecule has 1 aromatic rings. The van der Waals surface area contributed by atoms with Gasteiger partial charge in [-0.05, 0) is 38.7 Å². The molecule has 5 nitrogen and oxygen atoms in total. The van der Waals surface area contributed by atoms with Gasteiger partial charge in [0, 0.05) is 6.54 Å². The zero-order valence-electron chi connectivity index (χ0n) is 12.3. The highest BCUT2D eigenvalue weighted by molar-refractivity contribution is 5.55. The highest BCUT2D eigenvalue weighted by Gasteiger charge is 2.22. The molecule has 5 heteroatoms. The van der Waals surface area contributed by atoms with Crippen LogP contribution >= 0.6 is 0 Å². The van der Waals surface area contributed by atoms with Crippen molar-refractivity contribution in [2.45, 2.75) is 46.6 Å². The first-order chi connectivity index (χ1) is 8.76. The number of hydrogen-bond acceptors (Lipinski definition) is 5. The van der Waals surface area contributed by atoms with E-state index in [1.54, 1.807) is 6.92 Å². The smallest absolute Gasteiger partial charge is 0.167 e. The Hall–Kier alpha value is -1.67. The summed E-state index contributed by atoms with van der Waals surface area (Å²) in [6, 6.07) is 2.14. The van der Waals surface area contributed by atoms with Gasteiger partial charge in [-0.2, -0.15) is 10.4 Å². The van der Waals surface area contributed by atoms with E-state index < -0.39 is 5.60 Å². The van der Waals surface area contributed by atoms with Crippen molar-refractivity contribution in [3.05, 3.63) is 16.8 Å². The highest BCUT2D eigenvalue weighted by Crippen LogP contribution is 2.20. The molecular weight excluding hydrogens is 240 g/mol. The molecule has 1 heterocycles. The third-order valence-corrected chi connectivity index (χ3v) is 3.05. The van der Waals surface area contributed by atoms with Crippen molar-refractivity contribution in [2.75, 3.05) is 11.9 Å². The van der Waals surface area contributed by atoms with E-state index in [4.69, 9.17) is 0 Å². The van der Waals surface area contributed by atoms with Gasteiger partial charge in [-0.25, -0.2) is 0 Å². The minimum absolute atomic E-state index is 0.344. The zero-order valence-corrected chi connectivity index (χ0v) is 12.3. The summed E-state index contributed by atoms with van der Waals surface area (Å²) in [5.41, 5.74) is 1.23. The maximum Gasteiger partial charge on any atom is 0.167 e. The van der Waals surface area contributed by atoms with Crippen LogP contribution in [-0.2, 0) is 0 Å². The van der Waals surface area contributed by atoms with Gasteiger partial charge in [0.1, 0.15) is 11.6 Å². The quantitative estimate of drug-likeness (QED) is 0.850. The highest BCUT2D eigenvalue weighted by atomic mass is 16.3. The van der Waals surface area contributed by atoms with Crippen molar-refractivity contribution >= 4 is 5.82 Å². The van der Waals surface area contributed by atoms with Crippen LogP contribution in [0.25, 0.3) is 0 Å². The Morgan fingerprint density at radius 3 is 2.53 bits per heavy atom. The van der Waals surface area contributed by atoms with Crippen LogP contribution < -0.4 is 5.32 Å². The molecule has 2 N–H and O–H groups in total. The Balaban J connectivity index is 2.85. The van der Waals surface area contributed by atoms with Crippen molar-refractivity contribution in [1.29, 1.82) is 5.26 Å². The van der Waals surface area contributed by atoms with Crippen LogP contribution in [0.3, 0.4) is 0 Å². The van der Waals surface area contributed by atoms with Crippen molar-refractivity contribution in [1.82, 2.24) is 10.2 Å². The molecule has 0 amide bonds. The molecule has 0 aromatic carbocycles. The van der Waals surface area contributed by atoms with Gasteiger partial charge in [-0.1, -0.05) is 13.8 Å². The van der Waals surface area contributed by atoms with Crippen molar-refractivity contribution in [2.24, 2.45) is 5.92 Å². The summed E-state index contributed by atoms with van der Waals surface area (Å²) >= 11 is 0. The molecule has 0 aliphatic heterocycles. The number of aliphatic hydroxyl groups is 1. The van der Waals surface area contributed by atoms with Crippen LogP contribution in [0.2, 0.25) is 0 Å². The number of aromatic nitrogens is 2. The minimum Gasteiger partial charge on any atom is -0.388 e. The molecule has 104 valence electrons. The molecule has 1 aromatic heterocycles. The Labute approximate surface area is 114 Å². The standard InChI is InChI=1S/C14H22N4O/c1-9(2)6-14(5,19)8-16-13-12(7-15)10(3)11(4)17-18-13/h9,19H,6,8H2,1-5H3,(H,16,18). The third-order valence-electron chi connectivity index (χ3n) is 3.05. The second-order valence-corrected chi connectivity index (χ2v) is 5.69. The lowest BCUT2D eigenvalue weighted by molar-refractivity contribution is 0.0514. The second kappa shape index (κ2) is 5.98. The van der Waals surface area contributed by atoms with E-state index in [2.05, 4.69) is 35.4 Å². The van der Waals surface area contributed by atoms with Crippen molar-refractivity contribution in [3.8, 4) is 6.07 Å². The average Bonchev–Trinajstić information content (AvgIpc) is 2.29. The van der Waals surface area contributed by atoms with Gasteiger partial charge in [0.15, 0.2) is 5.82 Å². The van der Waals surface area contributed by atoms with Crippen LogP contribution in [0.1, 0.15) is 44.0 Å². The van der Waals surface area contributed by atoms with E-state index >= 15 is 0 Å². The molecule has 0 aliphatic rings. The first-order valence-electron chi connectivity index (χ1n) is 6.47. The lowest BCUT2D eigenvalue weighted by Crippen LogP contribution is -2.35. The normalized spacial score (nSPS) is 14.0. The number of aryl methyl sites for hydroxylation is 1. The largest absolute Gasteiger partial charge is 0.388 e. The lowest BCUT2D eigenvalue weighted by atomic mass is 9.94. The summed E-state index contributed by atoms with van der Waals surface area (Å²) < 4.78 is 0. The van der Waals surface area contributed by atoms with Crippen LogP contribution in [0.4, 0.5) is 5.82 Å². The Kier molecular flexibility index (Phi) is 4.84. The van der Waals surface area contributed by atoms with Crippen LogP contribution in [-0.4, -0.2) is 27.4 Å². The van der Waals surface area contributed by atoms with E-state index in [1.807, 2.05) is 13.8 Å². The topological polar surface area (TPSA) is 81.8 Å². The molecule has 0 spiro atoms. The Morgan fingerprint density at radius 1 is 1.37 bits per heavy atom. The van der Waals surface area contributed by atoms with Crippen LogP contribution in [0.15, 0.2) is 0 Å². The Bertz CT molecular complexity index is 489. The molecule has 0 bridgehead atoms. The fourth-order valence-electron chi connectivity index (χ4n) is 2.09. The fourth-order valence-corrected chi connectivity index (χ4v) is 2.09. The van der Waals surface area contributed by atoms with Crippen molar-refractivity contribution in [3.63, 3.8) is 0 Å². The second-order valence-electron chi connectivity index (χ2n) is 5.69. The molecule has 0 saturated carbocycles. The lowest BCUT2D eigenvalue weighted by Gasteiger charge is -2.26. The SMILES string of the molecule is Cc1nnc(NCC(C)(O)CC(C)C)c(C#N)c1C. The third kappa shape index (κ3) is 4.18. The van der Waals surface area contributed by atoms with Crippen LogP contribution in [0, 0.1) is 31.1 Å². The molecule has 0 saturated heterocycles. The van der Waals surface area contributed by atoms with E-state index in [1.165, 1.54) is 0 Å². The number of nitrogens with one attached hydrogen (secondary N) is 1. The van der Waals surface area contributed by atoms with Crippen LogP contribution in [0.5, 0.6) is 0 Å². The molecule has 0 fully saturated rings. The van der Waals surface area contributed by atoms with E-state index in [0.717, 1.165) is 11.3 Å². The van der Waals surface area contributed by atoms with Gasteiger partial charge in [-0.15, -0.1) is 5.10 Å². The summed E-state index contributed by atoms with van der Waals surface area (Å²) in [6.45, 7) is 9.91. The maximum absolute atomic E-state index is 10.2. The molecule has 0 aliphatic carbocycles. The number of rotatable bonds is 5. The number of nitrogens with zero attached hydrogens (tertiary/aromatic N) is 3. The van der Waals surface area contributed by atoms with Crippen molar-refractivity contribution < 1.29 is 5.11 Å². The van der Waals surface area contributed by atoms with Gasteiger partial charge in [0.25, 0.3) is 0 Å². The molecule has 0 radical (unpaired) electrons.